The molecule has 0 radical (unpaired) electrons. The number of para-hydroxylation sites is 1. The molecule has 10 heteroatoms. The third kappa shape index (κ3) is 6.13. The van der Waals surface area contributed by atoms with Gasteiger partial charge in [0, 0.05) is 5.69 Å². The summed E-state index contributed by atoms with van der Waals surface area (Å²) in [4.78, 5) is 49.3. The van der Waals surface area contributed by atoms with Crippen LogP contribution < -0.4 is 14.8 Å². The Bertz CT molecular complexity index is 1130. The van der Waals surface area contributed by atoms with Crippen LogP contribution in [0.15, 0.2) is 47.4 Å². The fourth-order valence-electron chi connectivity index (χ4n) is 2.98. The number of aliphatic carboxylic acids is 1. The Labute approximate surface area is 194 Å². The zero-order valence-electron chi connectivity index (χ0n) is 18.0. The van der Waals surface area contributed by atoms with Gasteiger partial charge in [-0.2, -0.15) is 0 Å². The minimum atomic E-state index is -1.12. The van der Waals surface area contributed by atoms with Gasteiger partial charge in [-0.15, -0.1) is 0 Å². The second-order valence-electron chi connectivity index (χ2n) is 6.95. The molecule has 1 saturated heterocycles. The number of nitrogens with one attached hydrogen (secondary N) is 1. The van der Waals surface area contributed by atoms with Gasteiger partial charge in [0.25, 0.3) is 11.1 Å². The Balaban J connectivity index is 1.73. The lowest BCUT2D eigenvalue weighted by molar-refractivity contribution is -0.139. The summed E-state index contributed by atoms with van der Waals surface area (Å²) in [5, 5.41) is 11.0. The topological polar surface area (TPSA) is 122 Å². The number of hydrogen-bond acceptors (Lipinski definition) is 7. The molecule has 3 rings (SSSR count). The Morgan fingerprint density at radius 2 is 1.88 bits per heavy atom. The lowest BCUT2D eigenvalue weighted by atomic mass is 10.2. The van der Waals surface area contributed by atoms with Crippen molar-refractivity contribution >= 4 is 46.5 Å². The summed E-state index contributed by atoms with van der Waals surface area (Å²) in [6.07, 6.45) is 1.51. The maximum atomic E-state index is 12.7. The molecular formula is C23H22N2O7S. The molecule has 33 heavy (non-hydrogen) atoms. The molecule has 1 aliphatic heterocycles. The number of aryl methyl sites for hydroxylation is 1. The molecule has 0 aromatic heterocycles. The SMILES string of the molecule is CCOc1cc(/C=C2/SC(=O)N(CC(=O)Nc3ccccc3C)C2=O)ccc1OCC(=O)O. The molecule has 0 saturated carbocycles. The minimum Gasteiger partial charge on any atom is -0.490 e. The molecule has 0 atom stereocenters. The number of carboxylic acids is 1. The zero-order valence-corrected chi connectivity index (χ0v) is 18.8. The van der Waals surface area contributed by atoms with Crippen molar-refractivity contribution in [3.8, 4) is 11.5 Å². The number of benzene rings is 2. The van der Waals surface area contributed by atoms with Crippen LogP contribution in [-0.4, -0.2) is 52.8 Å². The van der Waals surface area contributed by atoms with Gasteiger partial charge >= 0.3 is 5.97 Å². The quantitative estimate of drug-likeness (QED) is 0.534. The standard InChI is InChI=1S/C23H22N2O7S/c1-3-31-18-10-15(8-9-17(18)32-13-21(27)28)11-19-22(29)25(23(30)33-19)12-20(26)24-16-7-5-4-6-14(16)2/h4-11H,3,12-13H2,1-2H3,(H,24,26)(H,27,28)/b19-11+. The zero-order chi connectivity index (χ0) is 24.0. The summed E-state index contributed by atoms with van der Waals surface area (Å²) < 4.78 is 10.7. The monoisotopic (exact) mass is 470 g/mol. The maximum Gasteiger partial charge on any atom is 0.341 e. The van der Waals surface area contributed by atoms with Gasteiger partial charge in [0.15, 0.2) is 18.1 Å². The van der Waals surface area contributed by atoms with E-state index in [9.17, 15) is 19.2 Å². The first-order chi connectivity index (χ1) is 15.8. The van der Waals surface area contributed by atoms with Crippen molar-refractivity contribution < 1.29 is 33.8 Å². The van der Waals surface area contributed by atoms with Crippen molar-refractivity contribution in [3.05, 3.63) is 58.5 Å². The number of amides is 3. The van der Waals surface area contributed by atoms with E-state index in [1.807, 2.05) is 19.1 Å². The summed E-state index contributed by atoms with van der Waals surface area (Å²) in [6.45, 7) is 3.00. The normalized spacial score (nSPS) is 14.5. The van der Waals surface area contributed by atoms with Gasteiger partial charge in [-0.1, -0.05) is 24.3 Å². The van der Waals surface area contributed by atoms with Gasteiger partial charge in [0.05, 0.1) is 11.5 Å². The number of ether oxygens (including phenoxy) is 2. The Hall–Kier alpha value is -3.79. The molecule has 1 aliphatic rings. The molecule has 3 amide bonds. The number of carbonyl (C=O) groups excluding carboxylic acids is 3. The summed E-state index contributed by atoms with van der Waals surface area (Å²) >= 11 is 0.734. The molecule has 0 aliphatic carbocycles. The molecule has 2 N–H and O–H groups in total. The highest BCUT2D eigenvalue weighted by Gasteiger charge is 2.36. The molecule has 1 heterocycles. The average Bonchev–Trinajstić information content (AvgIpc) is 3.02. The van der Waals surface area contributed by atoms with Crippen LogP contribution in [0, 0.1) is 6.92 Å². The predicted molar refractivity (Wildman–Crippen MR) is 123 cm³/mol. The van der Waals surface area contributed by atoms with Crippen LogP contribution in [0.4, 0.5) is 10.5 Å². The van der Waals surface area contributed by atoms with E-state index in [1.165, 1.54) is 12.1 Å². The van der Waals surface area contributed by atoms with Crippen molar-refractivity contribution in [2.24, 2.45) is 0 Å². The van der Waals surface area contributed by atoms with Crippen LogP contribution in [0.2, 0.25) is 0 Å². The molecule has 1 fully saturated rings. The molecule has 0 unspecified atom stereocenters. The highest BCUT2D eigenvalue weighted by molar-refractivity contribution is 8.18. The highest BCUT2D eigenvalue weighted by atomic mass is 32.2. The van der Waals surface area contributed by atoms with Gasteiger partial charge in [-0.05, 0) is 61.0 Å². The van der Waals surface area contributed by atoms with Crippen LogP contribution in [0.1, 0.15) is 18.1 Å². The Morgan fingerprint density at radius 1 is 1.12 bits per heavy atom. The van der Waals surface area contributed by atoms with Crippen LogP contribution >= 0.6 is 11.8 Å². The van der Waals surface area contributed by atoms with E-state index in [-0.39, 0.29) is 10.7 Å². The van der Waals surface area contributed by atoms with E-state index in [4.69, 9.17) is 14.6 Å². The van der Waals surface area contributed by atoms with Gasteiger partial charge in [0.1, 0.15) is 6.54 Å². The smallest absolute Gasteiger partial charge is 0.341 e. The van der Waals surface area contributed by atoms with E-state index in [2.05, 4.69) is 5.32 Å². The molecule has 9 nitrogen and oxygen atoms in total. The summed E-state index contributed by atoms with van der Waals surface area (Å²) in [5.41, 5.74) is 2.02. The van der Waals surface area contributed by atoms with Crippen LogP contribution in [0.25, 0.3) is 6.08 Å². The van der Waals surface area contributed by atoms with Crippen LogP contribution in [-0.2, 0) is 14.4 Å². The number of imide groups is 1. The van der Waals surface area contributed by atoms with E-state index < -0.39 is 36.2 Å². The molecule has 2 aromatic rings. The number of anilines is 1. The maximum absolute atomic E-state index is 12.7. The predicted octanol–water partition coefficient (Wildman–Crippen LogP) is 3.53. The van der Waals surface area contributed by atoms with Crippen molar-refractivity contribution in [1.29, 1.82) is 0 Å². The number of thioether (sulfide) groups is 1. The van der Waals surface area contributed by atoms with Crippen LogP contribution in [0.5, 0.6) is 11.5 Å². The Kier molecular flexibility index (Phi) is 7.73. The molecule has 0 bridgehead atoms. The lowest BCUT2D eigenvalue weighted by Crippen LogP contribution is -2.36. The van der Waals surface area contributed by atoms with Crippen molar-refractivity contribution in [2.75, 3.05) is 25.1 Å². The number of nitrogens with zero attached hydrogens (tertiary/aromatic N) is 1. The second kappa shape index (κ2) is 10.7. The van der Waals surface area contributed by atoms with Crippen molar-refractivity contribution in [2.45, 2.75) is 13.8 Å². The van der Waals surface area contributed by atoms with Crippen LogP contribution in [0.3, 0.4) is 0 Å². The fraction of sp³-hybridized carbons (Fsp3) is 0.217. The van der Waals surface area contributed by atoms with E-state index in [0.29, 0.717) is 23.6 Å². The van der Waals surface area contributed by atoms with Gasteiger partial charge in [-0.25, -0.2) is 4.79 Å². The molecule has 0 spiro atoms. The van der Waals surface area contributed by atoms with E-state index in [1.54, 1.807) is 31.2 Å². The third-order valence-corrected chi connectivity index (χ3v) is 5.42. The molecule has 2 aromatic carbocycles. The van der Waals surface area contributed by atoms with Gasteiger partial charge < -0.3 is 19.9 Å². The van der Waals surface area contributed by atoms with Gasteiger partial charge in [0.2, 0.25) is 5.91 Å². The number of hydrogen-bond donors (Lipinski definition) is 2. The number of rotatable bonds is 9. The summed E-state index contributed by atoms with van der Waals surface area (Å²) in [5.74, 6) is -1.62. The van der Waals surface area contributed by atoms with E-state index >= 15 is 0 Å². The minimum absolute atomic E-state index is 0.158. The highest BCUT2D eigenvalue weighted by Crippen LogP contribution is 2.34. The van der Waals surface area contributed by atoms with Gasteiger partial charge in [-0.3, -0.25) is 19.3 Å². The average molecular weight is 471 g/mol. The first-order valence-electron chi connectivity index (χ1n) is 10.0. The van der Waals surface area contributed by atoms with Crippen molar-refractivity contribution in [3.63, 3.8) is 0 Å². The van der Waals surface area contributed by atoms with Crippen molar-refractivity contribution in [1.82, 2.24) is 4.90 Å². The largest absolute Gasteiger partial charge is 0.490 e. The Morgan fingerprint density at radius 3 is 2.58 bits per heavy atom. The second-order valence-corrected chi connectivity index (χ2v) is 7.95. The first-order valence-corrected chi connectivity index (χ1v) is 10.8. The molecular weight excluding hydrogens is 448 g/mol. The lowest BCUT2D eigenvalue weighted by Gasteiger charge is -2.13. The number of carbonyl (C=O) groups is 4. The summed E-state index contributed by atoms with van der Waals surface area (Å²) in [6, 6.07) is 11.9. The summed E-state index contributed by atoms with van der Waals surface area (Å²) in [7, 11) is 0. The third-order valence-electron chi connectivity index (χ3n) is 4.51. The number of carboxylic acid groups (broad SMARTS) is 1. The van der Waals surface area contributed by atoms with E-state index in [0.717, 1.165) is 22.2 Å². The first kappa shape index (κ1) is 23.9. The molecule has 172 valence electrons. The fourth-order valence-corrected chi connectivity index (χ4v) is 3.81.